The van der Waals surface area contributed by atoms with Crippen molar-refractivity contribution in [2.24, 2.45) is 0 Å². The third-order valence-electron chi connectivity index (χ3n) is 4.49. The third-order valence-corrected chi connectivity index (χ3v) is 5.09. The molecule has 0 aliphatic rings. The molecule has 7 nitrogen and oxygen atoms in total. The van der Waals surface area contributed by atoms with Crippen LogP contribution in [0.4, 0.5) is 5.69 Å². The van der Waals surface area contributed by atoms with Crippen molar-refractivity contribution in [3.05, 3.63) is 71.3 Å². The van der Waals surface area contributed by atoms with E-state index in [1.807, 2.05) is 24.3 Å². The Hall–Kier alpha value is -3.12. The molecule has 3 rings (SSSR count). The second kappa shape index (κ2) is 9.13. The number of sulfonamides is 1. The molecule has 0 aromatic heterocycles. The highest BCUT2D eigenvalue weighted by molar-refractivity contribution is 7.92. The van der Waals surface area contributed by atoms with Crippen molar-refractivity contribution < 1.29 is 23.0 Å². The molecule has 3 aromatic carbocycles. The Morgan fingerprint density at radius 3 is 2.57 bits per heavy atom. The van der Waals surface area contributed by atoms with Crippen LogP contribution in [0, 0.1) is 11.3 Å². The zero-order valence-electron chi connectivity index (χ0n) is 16.6. The summed E-state index contributed by atoms with van der Waals surface area (Å²) in [5, 5.41) is 21.8. The van der Waals surface area contributed by atoms with Crippen molar-refractivity contribution in [1.82, 2.24) is 0 Å². The van der Waals surface area contributed by atoms with Gasteiger partial charge in [-0.1, -0.05) is 18.2 Å². The maximum atomic E-state index is 11.6. The number of aliphatic hydroxyl groups is 1. The standard InChI is InChI=1S/C22H22N2O5S/c1-28-14-29-22-8-7-20(24-30(2,26)27)11-19(22)12-21(25)17-6-5-16-4-3-15(13-23)9-18(16)10-17/h3-11,21,24-25H,12,14H2,1-2H3. The molecular formula is C22H22N2O5S. The number of methoxy groups -OCH3 is 1. The molecule has 0 aliphatic carbocycles. The number of ether oxygens (including phenoxy) is 2. The van der Waals surface area contributed by atoms with Crippen LogP contribution in [0.1, 0.15) is 22.8 Å². The minimum absolute atomic E-state index is 0.0227. The van der Waals surface area contributed by atoms with Gasteiger partial charge in [0, 0.05) is 19.2 Å². The Kier molecular flexibility index (Phi) is 6.57. The van der Waals surface area contributed by atoms with E-state index in [1.54, 1.807) is 30.3 Å². The summed E-state index contributed by atoms with van der Waals surface area (Å²) in [6, 6.07) is 17.9. The quantitative estimate of drug-likeness (QED) is 0.535. The Balaban J connectivity index is 1.91. The van der Waals surface area contributed by atoms with Crippen LogP contribution in [0.2, 0.25) is 0 Å². The molecule has 8 heteroatoms. The summed E-state index contributed by atoms with van der Waals surface area (Å²) in [6.07, 6.45) is 0.405. The number of nitrogens with zero attached hydrogens (tertiary/aromatic N) is 1. The van der Waals surface area contributed by atoms with Crippen LogP contribution in [-0.2, 0) is 21.2 Å². The van der Waals surface area contributed by atoms with Gasteiger partial charge in [0.2, 0.25) is 10.0 Å². The fourth-order valence-electron chi connectivity index (χ4n) is 3.15. The summed E-state index contributed by atoms with van der Waals surface area (Å²) in [5.41, 5.74) is 2.22. The largest absolute Gasteiger partial charge is 0.467 e. The van der Waals surface area contributed by atoms with Gasteiger partial charge in [0.1, 0.15) is 5.75 Å². The molecule has 0 aliphatic heterocycles. The molecule has 0 heterocycles. The van der Waals surface area contributed by atoms with Crippen molar-refractivity contribution in [1.29, 1.82) is 5.26 Å². The van der Waals surface area contributed by atoms with Crippen LogP contribution in [0.15, 0.2) is 54.6 Å². The SMILES string of the molecule is COCOc1ccc(NS(C)(=O)=O)cc1CC(O)c1ccc2ccc(C#N)cc2c1. The fourth-order valence-corrected chi connectivity index (χ4v) is 3.70. The van der Waals surface area contributed by atoms with E-state index in [9.17, 15) is 13.5 Å². The number of nitrogens with one attached hydrogen (secondary N) is 1. The number of nitriles is 1. The van der Waals surface area contributed by atoms with Gasteiger partial charge >= 0.3 is 0 Å². The van der Waals surface area contributed by atoms with Crippen molar-refractivity contribution in [3.63, 3.8) is 0 Å². The van der Waals surface area contributed by atoms with E-state index in [2.05, 4.69) is 10.8 Å². The fraction of sp³-hybridized carbons (Fsp3) is 0.227. The Bertz CT molecular complexity index is 1200. The number of fused-ring (bicyclic) bond motifs is 1. The minimum Gasteiger partial charge on any atom is -0.467 e. The molecule has 1 unspecified atom stereocenters. The first-order valence-electron chi connectivity index (χ1n) is 9.13. The lowest BCUT2D eigenvalue weighted by Gasteiger charge is -2.17. The Labute approximate surface area is 175 Å². The van der Waals surface area contributed by atoms with Crippen molar-refractivity contribution >= 4 is 26.5 Å². The normalized spacial score (nSPS) is 12.3. The second-order valence-electron chi connectivity index (χ2n) is 6.90. The van der Waals surface area contributed by atoms with Crippen molar-refractivity contribution in [2.75, 3.05) is 24.9 Å². The first kappa shape index (κ1) is 21.6. The average molecular weight is 426 g/mol. The van der Waals surface area contributed by atoms with Gasteiger partial charge in [0.05, 0.1) is 24.0 Å². The minimum atomic E-state index is -3.44. The molecule has 3 aromatic rings. The van der Waals surface area contributed by atoms with E-state index in [-0.39, 0.29) is 13.2 Å². The molecule has 1 atom stereocenters. The van der Waals surface area contributed by atoms with Crippen LogP contribution < -0.4 is 9.46 Å². The molecule has 0 fully saturated rings. The van der Waals surface area contributed by atoms with Gasteiger partial charge in [-0.05, 0) is 58.3 Å². The van der Waals surface area contributed by atoms with Crippen LogP contribution in [0.25, 0.3) is 10.8 Å². The van der Waals surface area contributed by atoms with Gasteiger partial charge in [-0.15, -0.1) is 0 Å². The lowest BCUT2D eigenvalue weighted by Crippen LogP contribution is -2.11. The van der Waals surface area contributed by atoms with Crippen LogP contribution in [0.3, 0.4) is 0 Å². The molecule has 0 saturated carbocycles. The van der Waals surface area contributed by atoms with Crippen LogP contribution >= 0.6 is 0 Å². The first-order valence-corrected chi connectivity index (χ1v) is 11.0. The number of hydrogen-bond donors (Lipinski definition) is 2. The molecule has 0 amide bonds. The maximum absolute atomic E-state index is 11.6. The summed E-state index contributed by atoms with van der Waals surface area (Å²) in [6.45, 7) is 0.0227. The van der Waals surface area contributed by atoms with E-state index >= 15 is 0 Å². The predicted octanol–water partition coefficient (Wildman–Crippen LogP) is 3.34. The van der Waals surface area contributed by atoms with Gasteiger partial charge in [0.25, 0.3) is 0 Å². The van der Waals surface area contributed by atoms with Gasteiger partial charge in [-0.3, -0.25) is 4.72 Å². The van der Waals surface area contributed by atoms with Gasteiger partial charge < -0.3 is 14.6 Å². The van der Waals surface area contributed by atoms with Gasteiger partial charge in [0.15, 0.2) is 6.79 Å². The molecular weight excluding hydrogens is 404 g/mol. The number of hydrogen-bond acceptors (Lipinski definition) is 6. The Morgan fingerprint density at radius 1 is 1.10 bits per heavy atom. The number of anilines is 1. The average Bonchev–Trinajstić information content (AvgIpc) is 2.71. The molecule has 0 radical (unpaired) electrons. The third kappa shape index (κ3) is 5.48. The summed E-state index contributed by atoms with van der Waals surface area (Å²) in [5.74, 6) is 0.488. The molecule has 156 valence electrons. The molecule has 2 N–H and O–H groups in total. The molecule has 0 bridgehead atoms. The number of aliphatic hydroxyl groups excluding tert-OH is 1. The lowest BCUT2D eigenvalue weighted by atomic mass is 9.97. The highest BCUT2D eigenvalue weighted by atomic mass is 32.2. The van der Waals surface area contributed by atoms with E-state index < -0.39 is 16.1 Å². The van der Waals surface area contributed by atoms with Gasteiger partial charge in [-0.2, -0.15) is 5.26 Å². The molecule has 30 heavy (non-hydrogen) atoms. The highest BCUT2D eigenvalue weighted by Gasteiger charge is 2.15. The van der Waals surface area contributed by atoms with E-state index in [0.29, 0.717) is 28.1 Å². The summed E-state index contributed by atoms with van der Waals surface area (Å²) in [4.78, 5) is 0. The first-order chi connectivity index (χ1) is 14.3. The van der Waals surface area contributed by atoms with Gasteiger partial charge in [-0.25, -0.2) is 8.42 Å². The molecule has 0 saturated heterocycles. The zero-order valence-corrected chi connectivity index (χ0v) is 17.4. The second-order valence-corrected chi connectivity index (χ2v) is 8.65. The smallest absolute Gasteiger partial charge is 0.229 e. The maximum Gasteiger partial charge on any atom is 0.229 e. The summed E-state index contributed by atoms with van der Waals surface area (Å²) < 4.78 is 36.0. The number of rotatable bonds is 8. The predicted molar refractivity (Wildman–Crippen MR) is 115 cm³/mol. The van der Waals surface area contributed by atoms with E-state index in [4.69, 9.17) is 14.7 Å². The van der Waals surface area contributed by atoms with Crippen LogP contribution in [-0.4, -0.2) is 33.7 Å². The zero-order chi connectivity index (χ0) is 21.7. The monoisotopic (exact) mass is 426 g/mol. The van der Waals surface area contributed by atoms with E-state index in [0.717, 1.165) is 17.0 Å². The lowest BCUT2D eigenvalue weighted by molar-refractivity contribution is 0.0498. The van der Waals surface area contributed by atoms with Crippen molar-refractivity contribution in [2.45, 2.75) is 12.5 Å². The summed E-state index contributed by atoms with van der Waals surface area (Å²) in [7, 11) is -1.94. The Morgan fingerprint density at radius 2 is 1.87 bits per heavy atom. The van der Waals surface area contributed by atoms with Crippen molar-refractivity contribution in [3.8, 4) is 11.8 Å². The van der Waals surface area contributed by atoms with Crippen LogP contribution in [0.5, 0.6) is 5.75 Å². The topological polar surface area (TPSA) is 109 Å². The summed E-state index contributed by atoms with van der Waals surface area (Å²) >= 11 is 0. The van der Waals surface area contributed by atoms with E-state index in [1.165, 1.54) is 7.11 Å². The molecule has 0 spiro atoms. The number of benzene rings is 3. The highest BCUT2D eigenvalue weighted by Crippen LogP contribution is 2.30.